The topological polar surface area (TPSA) is 74.5 Å². The van der Waals surface area contributed by atoms with Gasteiger partial charge in [-0.3, -0.25) is 5.32 Å². The molecule has 0 aliphatic rings. The highest BCUT2D eigenvalue weighted by molar-refractivity contribution is 7.14. The maximum atomic E-state index is 11.7. The van der Waals surface area contributed by atoms with Crippen LogP contribution in [-0.2, 0) is 0 Å². The van der Waals surface area contributed by atoms with Crippen molar-refractivity contribution in [3.8, 4) is 11.3 Å². The third-order valence-electron chi connectivity index (χ3n) is 3.32. The van der Waals surface area contributed by atoms with E-state index in [1.54, 1.807) is 6.26 Å². The summed E-state index contributed by atoms with van der Waals surface area (Å²) in [5.74, 6) is 0.777. The van der Waals surface area contributed by atoms with Crippen molar-refractivity contribution in [3.05, 3.63) is 65.7 Å². The first-order valence-corrected chi connectivity index (χ1v) is 8.00. The molecule has 3 N–H and O–H groups in total. The standard InChI is InChI=1S/C17H16N2O3S/c20-14(11-18-17(21)19-16-4-2-10-23-16)12-5-7-13(8-6-12)15-3-1-9-22-15/h1-10,14,20H,11H2,(H2,18,19,21)/t14-/m0/s1. The number of furan rings is 1. The fourth-order valence-corrected chi connectivity index (χ4v) is 2.74. The second-order valence-corrected chi connectivity index (χ2v) is 5.88. The molecule has 0 unspecified atom stereocenters. The Kier molecular flexibility index (Phi) is 4.75. The van der Waals surface area contributed by atoms with Gasteiger partial charge in [0.25, 0.3) is 0 Å². The summed E-state index contributed by atoms with van der Waals surface area (Å²) in [6.45, 7) is 0.136. The number of rotatable bonds is 5. The maximum absolute atomic E-state index is 11.7. The quantitative estimate of drug-likeness (QED) is 0.666. The minimum atomic E-state index is -0.769. The summed E-state index contributed by atoms with van der Waals surface area (Å²) in [4.78, 5) is 11.7. The predicted octanol–water partition coefficient (Wildman–Crippen LogP) is 3.86. The van der Waals surface area contributed by atoms with E-state index >= 15 is 0 Å². The van der Waals surface area contributed by atoms with Crippen LogP contribution >= 0.6 is 11.3 Å². The Morgan fingerprint density at radius 2 is 2.00 bits per heavy atom. The number of thiophene rings is 1. The van der Waals surface area contributed by atoms with Crippen LogP contribution in [0.1, 0.15) is 11.7 Å². The largest absolute Gasteiger partial charge is 0.464 e. The van der Waals surface area contributed by atoms with Crippen LogP contribution in [0.25, 0.3) is 11.3 Å². The van der Waals surface area contributed by atoms with E-state index in [1.807, 2.05) is 53.9 Å². The zero-order chi connectivity index (χ0) is 16.1. The van der Waals surface area contributed by atoms with E-state index in [4.69, 9.17) is 4.42 Å². The van der Waals surface area contributed by atoms with E-state index in [0.717, 1.165) is 21.9 Å². The molecule has 0 bridgehead atoms. The van der Waals surface area contributed by atoms with Crippen molar-refractivity contribution in [3.63, 3.8) is 0 Å². The molecule has 3 aromatic rings. The van der Waals surface area contributed by atoms with Crippen molar-refractivity contribution in [1.29, 1.82) is 0 Å². The number of nitrogens with one attached hydrogen (secondary N) is 2. The predicted molar refractivity (Wildman–Crippen MR) is 90.4 cm³/mol. The summed E-state index contributed by atoms with van der Waals surface area (Å²) in [6.07, 6.45) is 0.851. The van der Waals surface area contributed by atoms with Gasteiger partial charge in [-0.1, -0.05) is 24.3 Å². The van der Waals surface area contributed by atoms with Crippen LogP contribution < -0.4 is 10.6 Å². The van der Waals surface area contributed by atoms with Crippen LogP contribution in [0.4, 0.5) is 9.80 Å². The molecule has 0 spiro atoms. The van der Waals surface area contributed by atoms with Crippen LogP contribution in [0.5, 0.6) is 0 Å². The summed E-state index contributed by atoms with van der Waals surface area (Å²) < 4.78 is 5.32. The molecule has 3 rings (SSSR count). The molecule has 1 atom stereocenters. The molecule has 0 aliphatic heterocycles. The highest BCUT2D eigenvalue weighted by Crippen LogP contribution is 2.22. The summed E-state index contributed by atoms with van der Waals surface area (Å²) in [5, 5.41) is 18.1. The van der Waals surface area contributed by atoms with Crippen LogP contribution in [-0.4, -0.2) is 17.7 Å². The van der Waals surface area contributed by atoms with Crippen molar-refractivity contribution in [1.82, 2.24) is 5.32 Å². The fourth-order valence-electron chi connectivity index (χ4n) is 2.13. The van der Waals surface area contributed by atoms with E-state index in [2.05, 4.69) is 10.6 Å². The molecular formula is C17H16N2O3S. The molecule has 23 heavy (non-hydrogen) atoms. The van der Waals surface area contributed by atoms with Crippen molar-refractivity contribution < 1.29 is 14.3 Å². The molecule has 6 heteroatoms. The lowest BCUT2D eigenvalue weighted by Gasteiger charge is -2.13. The molecule has 5 nitrogen and oxygen atoms in total. The highest BCUT2D eigenvalue weighted by Gasteiger charge is 2.10. The van der Waals surface area contributed by atoms with Gasteiger partial charge in [0.1, 0.15) is 5.76 Å². The van der Waals surface area contributed by atoms with Crippen LogP contribution in [0, 0.1) is 0 Å². The van der Waals surface area contributed by atoms with E-state index in [9.17, 15) is 9.90 Å². The van der Waals surface area contributed by atoms with Gasteiger partial charge in [-0.25, -0.2) is 4.79 Å². The second-order valence-electron chi connectivity index (χ2n) is 4.93. The normalized spacial score (nSPS) is 11.9. The molecular weight excluding hydrogens is 312 g/mol. The first-order valence-electron chi connectivity index (χ1n) is 7.12. The molecule has 2 aromatic heterocycles. The fraction of sp³-hybridized carbons (Fsp3) is 0.118. The van der Waals surface area contributed by atoms with Gasteiger partial charge in [0.15, 0.2) is 0 Å². The van der Waals surface area contributed by atoms with Gasteiger partial charge in [0.05, 0.1) is 17.4 Å². The number of hydrogen-bond acceptors (Lipinski definition) is 4. The number of benzene rings is 1. The van der Waals surface area contributed by atoms with Gasteiger partial charge in [-0.15, -0.1) is 11.3 Å². The smallest absolute Gasteiger partial charge is 0.319 e. The first-order chi connectivity index (χ1) is 11.2. The Hall–Kier alpha value is -2.57. The molecule has 1 aromatic carbocycles. The maximum Gasteiger partial charge on any atom is 0.319 e. The van der Waals surface area contributed by atoms with Crippen molar-refractivity contribution in [2.24, 2.45) is 0 Å². The van der Waals surface area contributed by atoms with E-state index < -0.39 is 6.10 Å². The van der Waals surface area contributed by atoms with E-state index in [0.29, 0.717) is 0 Å². The Morgan fingerprint density at radius 1 is 1.17 bits per heavy atom. The van der Waals surface area contributed by atoms with Crippen LogP contribution in [0.2, 0.25) is 0 Å². The third kappa shape index (κ3) is 4.00. The lowest BCUT2D eigenvalue weighted by molar-refractivity contribution is 0.175. The lowest BCUT2D eigenvalue weighted by atomic mass is 10.1. The molecule has 0 saturated carbocycles. The summed E-state index contributed by atoms with van der Waals surface area (Å²) in [7, 11) is 0. The summed E-state index contributed by atoms with van der Waals surface area (Å²) in [5.41, 5.74) is 1.67. The Labute approximate surface area is 137 Å². The SMILES string of the molecule is O=C(NC[C@H](O)c1ccc(-c2ccco2)cc1)Nc1cccs1. The van der Waals surface area contributed by atoms with Gasteiger partial charge < -0.3 is 14.8 Å². The van der Waals surface area contributed by atoms with Crippen molar-refractivity contribution in [2.45, 2.75) is 6.10 Å². The Bertz CT molecular complexity index is 737. The summed E-state index contributed by atoms with van der Waals surface area (Å²) in [6, 6.07) is 14.4. The number of carbonyl (C=O) groups is 1. The molecule has 2 amide bonds. The van der Waals surface area contributed by atoms with Crippen molar-refractivity contribution >= 4 is 22.4 Å². The van der Waals surface area contributed by atoms with Crippen LogP contribution in [0.15, 0.2) is 64.6 Å². The second kappa shape index (κ2) is 7.13. The zero-order valence-electron chi connectivity index (χ0n) is 12.2. The number of hydrogen-bond donors (Lipinski definition) is 3. The number of urea groups is 1. The lowest BCUT2D eigenvalue weighted by Crippen LogP contribution is -2.32. The van der Waals surface area contributed by atoms with Gasteiger partial charge in [0, 0.05) is 12.1 Å². The van der Waals surface area contributed by atoms with Gasteiger partial charge in [-0.05, 0) is 35.2 Å². The van der Waals surface area contributed by atoms with Crippen LogP contribution in [0.3, 0.4) is 0 Å². The van der Waals surface area contributed by atoms with E-state index in [1.165, 1.54) is 11.3 Å². The zero-order valence-corrected chi connectivity index (χ0v) is 13.0. The monoisotopic (exact) mass is 328 g/mol. The highest BCUT2D eigenvalue weighted by atomic mass is 32.1. The number of carbonyl (C=O) groups excluding carboxylic acids is 1. The van der Waals surface area contributed by atoms with Crippen molar-refractivity contribution in [2.75, 3.05) is 11.9 Å². The molecule has 0 fully saturated rings. The minimum absolute atomic E-state index is 0.136. The molecule has 0 saturated heterocycles. The third-order valence-corrected chi connectivity index (χ3v) is 4.10. The molecule has 0 radical (unpaired) electrons. The number of amides is 2. The number of anilines is 1. The van der Waals surface area contributed by atoms with E-state index in [-0.39, 0.29) is 12.6 Å². The summed E-state index contributed by atoms with van der Waals surface area (Å²) >= 11 is 1.44. The average molecular weight is 328 g/mol. The first kappa shape index (κ1) is 15.3. The van der Waals surface area contributed by atoms with Gasteiger partial charge in [-0.2, -0.15) is 0 Å². The van der Waals surface area contributed by atoms with Gasteiger partial charge >= 0.3 is 6.03 Å². The Morgan fingerprint density at radius 3 is 2.65 bits per heavy atom. The number of aliphatic hydroxyl groups is 1. The average Bonchev–Trinajstić information content (AvgIpc) is 3.26. The minimum Gasteiger partial charge on any atom is -0.464 e. The molecule has 2 heterocycles. The Balaban J connectivity index is 1.53. The van der Waals surface area contributed by atoms with Gasteiger partial charge in [0.2, 0.25) is 0 Å². The molecule has 118 valence electrons. The molecule has 0 aliphatic carbocycles. The number of aliphatic hydroxyl groups excluding tert-OH is 1.